The highest BCUT2D eigenvalue weighted by atomic mass is 16.5. The molecule has 2 atom stereocenters. The molecule has 0 saturated carbocycles. The molecular weight excluding hydrogens is 356 g/mol. The van der Waals surface area contributed by atoms with Crippen molar-refractivity contribution in [2.45, 2.75) is 31.4 Å². The summed E-state index contributed by atoms with van der Waals surface area (Å²) in [5.74, 6) is 0.436. The highest BCUT2D eigenvalue weighted by molar-refractivity contribution is 6.04. The number of aliphatic hydroxyl groups excluding tert-OH is 1. The number of carbonyl (C=O) groups is 2. The quantitative estimate of drug-likeness (QED) is 0.783. The van der Waals surface area contributed by atoms with Crippen LogP contribution in [0.4, 0.5) is 4.79 Å². The third-order valence-electron chi connectivity index (χ3n) is 5.33. The first kappa shape index (κ1) is 18.5. The molecule has 0 spiro atoms. The molecule has 0 aromatic heterocycles. The maximum atomic E-state index is 12.4. The summed E-state index contributed by atoms with van der Waals surface area (Å²) in [6.07, 6.45) is 1.66. The lowest BCUT2D eigenvalue weighted by atomic mass is 10.0. The minimum atomic E-state index is -0.928. The lowest BCUT2D eigenvalue weighted by Gasteiger charge is -2.26. The zero-order valence-corrected chi connectivity index (χ0v) is 15.7. The molecular formula is C22H24N2O4. The maximum absolute atomic E-state index is 12.4. The molecule has 146 valence electrons. The van der Waals surface area contributed by atoms with Crippen LogP contribution in [0.5, 0.6) is 5.75 Å². The summed E-state index contributed by atoms with van der Waals surface area (Å²) in [5, 5.41) is 10.3. The van der Waals surface area contributed by atoms with Gasteiger partial charge in [-0.15, -0.1) is 0 Å². The van der Waals surface area contributed by atoms with E-state index in [9.17, 15) is 14.7 Å². The first-order valence-corrected chi connectivity index (χ1v) is 9.72. The summed E-state index contributed by atoms with van der Waals surface area (Å²) < 4.78 is 5.65. The number of benzene rings is 2. The molecule has 28 heavy (non-hydrogen) atoms. The molecule has 2 aromatic carbocycles. The Balaban J connectivity index is 1.31. The summed E-state index contributed by atoms with van der Waals surface area (Å²) in [6.45, 7) is 0.602. The SMILES string of the molecule is O=C1[C@@H]2CCCCN2C(=O)N1C[C@@H](O)COc1ccc(-c2ccccc2)cc1. The van der Waals surface area contributed by atoms with E-state index in [0.29, 0.717) is 18.7 Å². The molecule has 2 aromatic rings. The topological polar surface area (TPSA) is 70.1 Å². The Hall–Kier alpha value is -2.86. The van der Waals surface area contributed by atoms with Crippen LogP contribution in [0.25, 0.3) is 11.1 Å². The Kier molecular flexibility index (Phi) is 5.30. The number of hydrogen-bond donors (Lipinski definition) is 1. The summed E-state index contributed by atoms with van der Waals surface area (Å²) in [5.41, 5.74) is 2.20. The molecule has 3 amide bonds. The van der Waals surface area contributed by atoms with Crippen LogP contribution in [0, 0.1) is 0 Å². The Labute approximate surface area is 164 Å². The lowest BCUT2D eigenvalue weighted by molar-refractivity contribution is -0.129. The average molecular weight is 380 g/mol. The predicted octanol–water partition coefficient (Wildman–Crippen LogP) is 2.91. The summed E-state index contributed by atoms with van der Waals surface area (Å²) in [7, 11) is 0. The fraction of sp³-hybridized carbons (Fsp3) is 0.364. The zero-order chi connectivity index (χ0) is 19.5. The second kappa shape index (κ2) is 8.02. The number of piperidine rings is 1. The molecule has 2 aliphatic rings. The van der Waals surface area contributed by atoms with Crippen molar-refractivity contribution in [3.8, 4) is 16.9 Å². The number of rotatable bonds is 6. The average Bonchev–Trinajstić information content (AvgIpc) is 2.98. The van der Waals surface area contributed by atoms with Gasteiger partial charge >= 0.3 is 6.03 Å². The van der Waals surface area contributed by atoms with Gasteiger partial charge in [0.05, 0.1) is 6.54 Å². The van der Waals surface area contributed by atoms with Crippen LogP contribution in [-0.2, 0) is 4.79 Å². The van der Waals surface area contributed by atoms with Gasteiger partial charge in [-0.3, -0.25) is 9.69 Å². The highest BCUT2D eigenvalue weighted by Crippen LogP contribution is 2.27. The number of fused-ring (bicyclic) bond motifs is 1. The van der Waals surface area contributed by atoms with Gasteiger partial charge in [0.2, 0.25) is 0 Å². The van der Waals surface area contributed by atoms with Gasteiger partial charge in [0.25, 0.3) is 5.91 Å². The van der Waals surface area contributed by atoms with Crippen molar-refractivity contribution in [1.29, 1.82) is 0 Å². The van der Waals surface area contributed by atoms with Crippen molar-refractivity contribution >= 4 is 11.9 Å². The lowest BCUT2D eigenvalue weighted by Crippen LogP contribution is -2.40. The van der Waals surface area contributed by atoms with Crippen LogP contribution >= 0.6 is 0 Å². The van der Waals surface area contributed by atoms with E-state index in [-0.39, 0.29) is 31.1 Å². The first-order chi connectivity index (χ1) is 13.6. The molecule has 0 bridgehead atoms. The second-order valence-electron chi connectivity index (χ2n) is 7.29. The third kappa shape index (κ3) is 3.73. The normalized spacial score (nSPS) is 20.2. The van der Waals surface area contributed by atoms with Crippen LogP contribution in [-0.4, -0.2) is 58.7 Å². The van der Waals surface area contributed by atoms with Crippen molar-refractivity contribution in [2.75, 3.05) is 19.7 Å². The smallest absolute Gasteiger partial charge is 0.327 e. The van der Waals surface area contributed by atoms with Gasteiger partial charge in [-0.2, -0.15) is 0 Å². The van der Waals surface area contributed by atoms with E-state index in [4.69, 9.17) is 4.74 Å². The van der Waals surface area contributed by atoms with Crippen LogP contribution in [0.15, 0.2) is 54.6 Å². The zero-order valence-electron chi connectivity index (χ0n) is 15.7. The van der Waals surface area contributed by atoms with E-state index >= 15 is 0 Å². The Morgan fingerprint density at radius 3 is 2.43 bits per heavy atom. The molecule has 4 rings (SSSR count). The highest BCUT2D eigenvalue weighted by Gasteiger charge is 2.46. The van der Waals surface area contributed by atoms with Crippen LogP contribution in [0.3, 0.4) is 0 Å². The van der Waals surface area contributed by atoms with E-state index in [2.05, 4.69) is 0 Å². The van der Waals surface area contributed by atoms with E-state index in [1.165, 1.54) is 4.90 Å². The molecule has 2 fully saturated rings. The number of ether oxygens (including phenoxy) is 1. The molecule has 2 heterocycles. The molecule has 6 nitrogen and oxygen atoms in total. The molecule has 6 heteroatoms. The number of nitrogens with zero attached hydrogens (tertiary/aromatic N) is 2. The number of urea groups is 1. The summed E-state index contributed by atoms with van der Waals surface area (Å²) in [4.78, 5) is 27.7. The molecule has 2 aliphatic heterocycles. The molecule has 0 aliphatic carbocycles. The Morgan fingerprint density at radius 1 is 1.00 bits per heavy atom. The van der Waals surface area contributed by atoms with Gasteiger partial charge in [-0.25, -0.2) is 4.79 Å². The van der Waals surface area contributed by atoms with Crippen LogP contribution < -0.4 is 4.74 Å². The van der Waals surface area contributed by atoms with Crippen molar-refractivity contribution in [2.24, 2.45) is 0 Å². The monoisotopic (exact) mass is 380 g/mol. The van der Waals surface area contributed by atoms with Gasteiger partial charge in [0.15, 0.2) is 0 Å². The van der Waals surface area contributed by atoms with E-state index in [0.717, 1.165) is 24.0 Å². The predicted molar refractivity (Wildman–Crippen MR) is 105 cm³/mol. The molecule has 0 radical (unpaired) electrons. The second-order valence-corrected chi connectivity index (χ2v) is 7.29. The number of imide groups is 1. The Bertz CT molecular complexity index is 813. The summed E-state index contributed by atoms with van der Waals surface area (Å²) >= 11 is 0. The molecule has 1 N–H and O–H groups in total. The third-order valence-corrected chi connectivity index (χ3v) is 5.33. The van der Waals surface area contributed by atoms with Gasteiger partial charge in [0.1, 0.15) is 24.5 Å². The number of β-amino-alcohol motifs (C(OH)–C–C–N with tert-alkyl or cyclic N) is 1. The van der Waals surface area contributed by atoms with Crippen molar-refractivity contribution in [1.82, 2.24) is 9.80 Å². The van der Waals surface area contributed by atoms with Crippen LogP contribution in [0.2, 0.25) is 0 Å². The van der Waals surface area contributed by atoms with Gasteiger partial charge in [0, 0.05) is 6.54 Å². The van der Waals surface area contributed by atoms with Crippen molar-refractivity contribution in [3.63, 3.8) is 0 Å². The fourth-order valence-corrected chi connectivity index (χ4v) is 3.84. The number of aliphatic hydroxyl groups is 1. The van der Waals surface area contributed by atoms with Crippen molar-refractivity contribution in [3.05, 3.63) is 54.6 Å². The fourth-order valence-electron chi connectivity index (χ4n) is 3.84. The van der Waals surface area contributed by atoms with E-state index in [1.807, 2.05) is 54.6 Å². The standard InChI is InChI=1S/C22H24N2O4/c25-18(14-24-21(26)20-8-4-5-13-23(20)22(24)27)15-28-19-11-9-17(10-12-19)16-6-2-1-3-7-16/h1-3,6-7,9-12,18,20,25H,4-5,8,13-15H2/t18-,20+/m1/s1. The minimum Gasteiger partial charge on any atom is -0.491 e. The molecule has 2 saturated heterocycles. The number of carbonyl (C=O) groups excluding carboxylic acids is 2. The number of hydrogen-bond acceptors (Lipinski definition) is 4. The van der Waals surface area contributed by atoms with E-state index < -0.39 is 6.10 Å². The molecule has 0 unspecified atom stereocenters. The van der Waals surface area contributed by atoms with Gasteiger partial charge in [-0.05, 0) is 42.5 Å². The maximum Gasteiger partial charge on any atom is 0.327 e. The minimum absolute atomic E-state index is 0.0202. The Morgan fingerprint density at radius 2 is 1.71 bits per heavy atom. The largest absolute Gasteiger partial charge is 0.491 e. The van der Waals surface area contributed by atoms with Crippen molar-refractivity contribution < 1.29 is 19.4 Å². The first-order valence-electron chi connectivity index (χ1n) is 9.72. The summed E-state index contributed by atoms with van der Waals surface area (Å²) in [6, 6.07) is 17.0. The van der Waals surface area contributed by atoms with Gasteiger partial charge < -0.3 is 14.7 Å². The van der Waals surface area contributed by atoms with Crippen LogP contribution in [0.1, 0.15) is 19.3 Å². The van der Waals surface area contributed by atoms with Gasteiger partial charge in [-0.1, -0.05) is 42.5 Å². The van der Waals surface area contributed by atoms with E-state index in [1.54, 1.807) is 4.90 Å². The number of amides is 3.